The van der Waals surface area contributed by atoms with E-state index < -0.39 is 43.9 Å². The molecule has 2 heteroatoms. The van der Waals surface area contributed by atoms with Gasteiger partial charge < -0.3 is 9.84 Å². The molecule has 0 fully saturated rings. The third kappa shape index (κ3) is 3.13. The first-order valence-corrected chi connectivity index (χ1v) is 8.26. The topological polar surface area (TPSA) is 29.5 Å². The molecule has 2 aliphatic rings. The largest absolute Gasteiger partial charge is 0.507 e. The van der Waals surface area contributed by atoms with E-state index in [1.165, 1.54) is 25.1 Å². The molecule has 0 saturated carbocycles. The smallest absolute Gasteiger partial charge is 0.127 e. The van der Waals surface area contributed by atoms with Gasteiger partial charge in [0.25, 0.3) is 0 Å². The molecule has 0 unspecified atom stereocenters. The molecule has 0 saturated heterocycles. The van der Waals surface area contributed by atoms with Crippen LogP contribution in [-0.4, -0.2) is 10.7 Å². The van der Waals surface area contributed by atoms with Crippen molar-refractivity contribution in [2.45, 2.75) is 77.5 Å². The highest BCUT2D eigenvalue weighted by atomic mass is 16.5. The van der Waals surface area contributed by atoms with Gasteiger partial charge in [-0.3, -0.25) is 0 Å². The summed E-state index contributed by atoms with van der Waals surface area (Å²) in [6.45, 7) is -2.83. The van der Waals surface area contributed by atoms with Gasteiger partial charge in [-0.25, -0.2) is 0 Å². The summed E-state index contributed by atoms with van der Waals surface area (Å²) in [4.78, 5) is 0. The van der Waals surface area contributed by atoms with Crippen molar-refractivity contribution in [3.05, 3.63) is 34.9 Å². The lowest BCUT2D eigenvalue weighted by atomic mass is 9.68. The maximum atomic E-state index is 10.9. The first-order chi connectivity index (χ1) is 14.5. The van der Waals surface area contributed by atoms with E-state index in [1.54, 1.807) is 0 Å². The van der Waals surface area contributed by atoms with Crippen molar-refractivity contribution in [1.29, 1.82) is 0 Å². The lowest BCUT2D eigenvalue weighted by Gasteiger charge is -2.46. The predicted molar refractivity (Wildman–Crippen MR) is 95.3 cm³/mol. The highest BCUT2D eigenvalue weighted by molar-refractivity contribution is 5.53. The average Bonchev–Trinajstić information content (AvgIpc) is 2.60. The van der Waals surface area contributed by atoms with Crippen LogP contribution in [0.5, 0.6) is 11.5 Å². The SMILES string of the molecule is [2H]C1([2H])C[C@@H]2C(C([2H])([2H])[2H])(C([2H])([2H])[2H])Oc3cc(CCCCC)cc(O)c3[C@@]2([2H])C=C1C. The monoisotopic (exact) mass is 323 g/mol. The van der Waals surface area contributed by atoms with Crippen molar-refractivity contribution < 1.29 is 22.2 Å². The van der Waals surface area contributed by atoms with Crippen LogP contribution in [-0.2, 0) is 6.42 Å². The van der Waals surface area contributed by atoms with Gasteiger partial charge in [-0.05, 0) is 64.0 Å². The van der Waals surface area contributed by atoms with Crippen molar-refractivity contribution in [2.75, 3.05) is 0 Å². The number of phenolic OH excluding ortho intramolecular Hbond substituents is 1. The molecule has 0 aromatic heterocycles. The number of hydrogen-bond acceptors (Lipinski definition) is 2. The third-order valence-corrected chi connectivity index (χ3v) is 4.59. The number of aryl methyl sites for hydroxylation is 1. The number of aromatic hydroxyl groups is 1. The Labute approximate surface area is 153 Å². The molecule has 126 valence electrons. The predicted octanol–water partition coefficient (Wildman–Crippen LogP) is 5.74. The van der Waals surface area contributed by atoms with Crippen LogP contribution >= 0.6 is 0 Å². The Bertz CT molecular complexity index is 903. The maximum absolute atomic E-state index is 10.9. The molecule has 0 bridgehead atoms. The molecular weight excluding hydrogens is 284 g/mol. The molecule has 2 nitrogen and oxygen atoms in total. The van der Waals surface area contributed by atoms with E-state index in [0.717, 1.165) is 19.3 Å². The first kappa shape index (κ1) is 8.60. The minimum absolute atomic E-state index is 0.0132. The molecule has 1 aliphatic carbocycles. The number of fused-ring (bicyclic) bond motifs is 3. The first-order valence-electron chi connectivity index (χ1n) is 12.8. The van der Waals surface area contributed by atoms with Gasteiger partial charge >= 0.3 is 0 Å². The Kier molecular flexibility index (Phi) is 2.33. The Balaban J connectivity index is 2.34. The van der Waals surface area contributed by atoms with E-state index in [0.29, 0.717) is 12.0 Å². The van der Waals surface area contributed by atoms with E-state index >= 15 is 0 Å². The van der Waals surface area contributed by atoms with Crippen molar-refractivity contribution in [3.8, 4) is 11.5 Å². The molecule has 0 spiro atoms. The van der Waals surface area contributed by atoms with Crippen LogP contribution in [0.1, 0.15) is 89.0 Å². The number of hydrogen-bond donors (Lipinski definition) is 1. The fraction of sp³-hybridized carbons (Fsp3) is 0.619. The summed E-state index contributed by atoms with van der Waals surface area (Å²) in [6.07, 6.45) is 2.04. The highest BCUT2D eigenvalue weighted by Crippen LogP contribution is 2.53. The summed E-state index contributed by atoms with van der Waals surface area (Å²) < 4.78 is 80.7. The number of rotatable bonds is 4. The van der Waals surface area contributed by atoms with Gasteiger partial charge in [-0.1, -0.05) is 31.4 Å². The zero-order valence-corrected chi connectivity index (χ0v) is 13.7. The molecule has 1 aliphatic heterocycles. The number of unbranched alkanes of at least 4 members (excludes halogenated alkanes) is 2. The maximum Gasteiger partial charge on any atom is 0.127 e. The van der Waals surface area contributed by atoms with Gasteiger partial charge in [0.2, 0.25) is 0 Å². The second kappa shape index (κ2) is 6.22. The van der Waals surface area contributed by atoms with E-state index in [2.05, 4.69) is 6.92 Å². The zero-order chi connectivity index (χ0) is 24.3. The zero-order valence-electron chi connectivity index (χ0n) is 22.7. The van der Waals surface area contributed by atoms with Crippen LogP contribution in [0.4, 0.5) is 0 Å². The van der Waals surface area contributed by atoms with Gasteiger partial charge in [0.15, 0.2) is 0 Å². The summed E-state index contributed by atoms with van der Waals surface area (Å²) in [5.74, 6) is -3.98. The van der Waals surface area contributed by atoms with E-state index in [9.17, 15) is 6.48 Å². The van der Waals surface area contributed by atoms with E-state index in [-0.39, 0.29) is 22.6 Å². The molecule has 23 heavy (non-hydrogen) atoms. The van der Waals surface area contributed by atoms with Crippen LogP contribution < -0.4 is 4.74 Å². The van der Waals surface area contributed by atoms with Gasteiger partial charge in [-0.15, -0.1) is 0 Å². The molecular formula is C21H30O2. The molecule has 0 radical (unpaired) electrons. The Morgan fingerprint density at radius 3 is 3.00 bits per heavy atom. The second-order valence-corrected chi connectivity index (χ2v) is 6.50. The quantitative estimate of drug-likeness (QED) is 0.566. The number of ether oxygens (including phenoxy) is 1. The minimum Gasteiger partial charge on any atom is -0.507 e. The van der Waals surface area contributed by atoms with Crippen molar-refractivity contribution in [1.82, 2.24) is 0 Å². The van der Waals surface area contributed by atoms with Crippen LogP contribution in [0.2, 0.25) is 0 Å². The summed E-state index contributed by atoms with van der Waals surface area (Å²) in [5.41, 5.74) is -1.98. The minimum atomic E-state index is -3.18. The number of benzene rings is 1. The fourth-order valence-corrected chi connectivity index (χ4v) is 3.36. The van der Waals surface area contributed by atoms with Crippen LogP contribution in [0, 0.1) is 5.92 Å². The number of allylic oxidation sites excluding steroid dienone is 2. The van der Waals surface area contributed by atoms with Crippen LogP contribution in [0.3, 0.4) is 0 Å². The number of phenols is 1. The molecule has 0 amide bonds. The van der Waals surface area contributed by atoms with Gasteiger partial charge in [-0.2, -0.15) is 0 Å². The summed E-state index contributed by atoms with van der Waals surface area (Å²) in [6, 6.07) is 3.03. The van der Waals surface area contributed by atoms with Gasteiger partial charge in [0, 0.05) is 29.7 Å². The summed E-state index contributed by atoms with van der Waals surface area (Å²) >= 11 is 0. The summed E-state index contributed by atoms with van der Waals surface area (Å²) in [7, 11) is 0. The molecule has 1 aromatic rings. The Morgan fingerprint density at radius 2 is 2.26 bits per heavy atom. The van der Waals surface area contributed by atoms with Crippen molar-refractivity contribution >= 4 is 0 Å². The lowest BCUT2D eigenvalue weighted by Crippen LogP contribution is -2.45. The van der Waals surface area contributed by atoms with Gasteiger partial charge in [0.05, 0.1) is 0 Å². The summed E-state index contributed by atoms with van der Waals surface area (Å²) in [5, 5.41) is 10.9. The van der Waals surface area contributed by atoms with Crippen LogP contribution in [0.15, 0.2) is 23.8 Å². The second-order valence-electron chi connectivity index (χ2n) is 6.50. The van der Waals surface area contributed by atoms with E-state index in [1.807, 2.05) is 0 Å². The standard InChI is InChI=1S/C21H30O2/c1-5-6-7-8-15-12-18(22)20-16-11-14(2)9-10-17(16)21(3,4)23-19(20)13-15/h11-13,16-17,22H,5-10H2,1-4H3/t16-,17-/m0/s1/i3D3,4D3,9D2,16D. The lowest BCUT2D eigenvalue weighted by molar-refractivity contribution is 0.0107. The van der Waals surface area contributed by atoms with Crippen molar-refractivity contribution in [3.63, 3.8) is 0 Å². The molecule has 3 rings (SSSR count). The fourth-order valence-electron chi connectivity index (χ4n) is 3.36. The van der Waals surface area contributed by atoms with E-state index in [4.69, 9.17) is 15.7 Å². The molecule has 2 atom stereocenters. The Morgan fingerprint density at radius 1 is 1.43 bits per heavy atom. The van der Waals surface area contributed by atoms with Crippen molar-refractivity contribution in [2.24, 2.45) is 5.92 Å². The molecule has 1 heterocycles. The molecule has 1 N–H and O–H groups in total. The average molecular weight is 324 g/mol. The Hall–Kier alpha value is -1.44. The normalized spacial score (nSPS) is 37.4. The third-order valence-electron chi connectivity index (χ3n) is 4.59. The van der Waals surface area contributed by atoms with Gasteiger partial charge in [0.1, 0.15) is 17.1 Å². The highest BCUT2D eigenvalue weighted by Gasteiger charge is 2.45. The van der Waals surface area contributed by atoms with Crippen LogP contribution in [0.25, 0.3) is 0 Å². The molecule has 1 aromatic carbocycles.